The minimum Gasteiger partial charge on any atom is -0.277 e. The third-order valence-electron chi connectivity index (χ3n) is 2.04. The largest absolute Gasteiger partial charge is 0.277 e. The first-order valence-electron chi connectivity index (χ1n) is 4.17. The molecular weight excluding hydrogens is 124 g/mol. The highest BCUT2D eigenvalue weighted by atomic mass is 15.2. The molecule has 0 fully saturated rings. The highest BCUT2D eigenvalue weighted by molar-refractivity contribution is 5.49. The lowest BCUT2D eigenvalue weighted by molar-refractivity contribution is -0.550. The molecule has 1 heterocycles. The van der Waals surface area contributed by atoms with Crippen molar-refractivity contribution in [2.24, 2.45) is 0 Å². The molecule has 2 nitrogen and oxygen atoms in total. The third kappa shape index (κ3) is 1.72. The second-order valence-electron chi connectivity index (χ2n) is 2.96. The van der Waals surface area contributed by atoms with Crippen molar-refractivity contribution >= 4 is 6.34 Å². The molecule has 0 bridgehead atoms. The van der Waals surface area contributed by atoms with Crippen molar-refractivity contribution in [2.45, 2.75) is 32.7 Å². The van der Waals surface area contributed by atoms with Crippen LogP contribution in [0.4, 0.5) is 0 Å². The van der Waals surface area contributed by atoms with Crippen LogP contribution in [-0.4, -0.2) is 30.0 Å². The van der Waals surface area contributed by atoms with Crippen LogP contribution in [0.15, 0.2) is 0 Å². The van der Waals surface area contributed by atoms with Gasteiger partial charge < -0.3 is 0 Å². The molecule has 0 aromatic heterocycles. The number of hydrogen-bond acceptors (Lipinski definition) is 1. The summed E-state index contributed by atoms with van der Waals surface area (Å²) in [4.78, 5) is 0. The van der Waals surface area contributed by atoms with E-state index in [0.717, 1.165) is 12.6 Å². The van der Waals surface area contributed by atoms with E-state index in [-0.39, 0.29) is 0 Å². The summed E-state index contributed by atoms with van der Waals surface area (Å²) in [6, 6.07) is 0.722. The molecule has 10 heavy (non-hydrogen) atoms. The monoisotopic (exact) mass is 141 g/mol. The second-order valence-corrected chi connectivity index (χ2v) is 2.96. The van der Waals surface area contributed by atoms with Crippen LogP contribution in [-0.2, 0) is 0 Å². The lowest BCUT2D eigenvalue weighted by Gasteiger charge is -2.08. The summed E-state index contributed by atoms with van der Waals surface area (Å²) in [5.74, 6) is 0. The zero-order chi connectivity index (χ0) is 7.40. The first-order valence-corrected chi connectivity index (χ1v) is 4.17. The van der Waals surface area contributed by atoms with E-state index in [1.54, 1.807) is 0 Å². The molecule has 0 aromatic rings. The van der Waals surface area contributed by atoms with E-state index >= 15 is 0 Å². The summed E-state index contributed by atoms with van der Waals surface area (Å²) in [5.41, 5.74) is 0. The maximum absolute atomic E-state index is 3.21. The van der Waals surface area contributed by atoms with Gasteiger partial charge in [0.1, 0.15) is 13.1 Å². The Hall–Kier alpha value is -0.530. The van der Waals surface area contributed by atoms with Crippen molar-refractivity contribution in [3.8, 4) is 0 Å². The van der Waals surface area contributed by atoms with E-state index in [1.165, 1.54) is 19.4 Å². The van der Waals surface area contributed by atoms with Gasteiger partial charge in [-0.25, -0.2) is 0 Å². The minimum absolute atomic E-state index is 0.722. The molecule has 1 aliphatic rings. The van der Waals surface area contributed by atoms with Crippen LogP contribution in [0.3, 0.4) is 0 Å². The molecule has 58 valence electrons. The van der Waals surface area contributed by atoms with E-state index in [2.05, 4.69) is 30.1 Å². The first kappa shape index (κ1) is 7.58. The average molecular weight is 141 g/mol. The van der Waals surface area contributed by atoms with Crippen molar-refractivity contribution in [2.75, 3.05) is 13.1 Å². The Kier molecular flexibility index (Phi) is 2.72. The predicted molar refractivity (Wildman–Crippen MR) is 43.6 cm³/mol. The molecule has 0 aromatic carbocycles. The van der Waals surface area contributed by atoms with Crippen molar-refractivity contribution in [3.63, 3.8) is 0 Å². The number of rotatable bonds is 3. The summed E-state index contributed by atoms with van der Waals surface area (Å²) < 4.78 is 2.38. The van der Waals surface area contributed by atoms with Crippen LogP contribution in [0, 0.1) is 0 Å². The van der Waals surface area contributed by atoms with Gasteiger partial charge in [0.05, 0.1) is 6.04 Å². The molecule has 2 heteroatoms. The van der Waals surface area contributed by atoms with E-state index in [9.17, 15) is 0 Å². The van der Waals surface area contributed by atoms with Gasteiger partial charge in [-0.05, 0) is 13.3 Å². The summed E-state index contributed by atoms with van der Waals surface area (Å²) in [6.45, 7) is 6.82. The lowest BCUT2D eigenvalue weighted by Crippen LogP contribution is -2.22. The van der Waals surface area contributed by atoms with Crippen LogP contribution in [0.1, 0.15) is 26.7 Å². The molecule has 1 aliphatic heterocycles. The Labute approximate surface area is 62.9 Å². The molecule has 0 spiro atoms. The highest BCUT2D eigenvalue weighted by Crippen LogP contribution is 2.00. The van der Waals surface area contributed by atoms with E-state index in [1.807, 2.05) is 0 Å². The zero-order valence-electron chi connectivity index (χ0n) is 6.93. The number of nitrogens with zero attached hydrogens (tertiary/aromatic N) is 1. The van der Waals surface area contributed by atoms with E-state index in [0.29, 0.717) is 0 Å². The van der Waals surface area contributed by atoms with Gasteiger partial charge in [0.15, 0.2) is 0 Å². The van der Waals surface area contributed by atoms with Gasteiger partial charge in [0.2, 0.25) is 6.34 Å². The highest BCUT2D eigenvalue weighted by Gasteiger charge is 2.14. The van der Waals surface area contributed by atoms with Gasteiger partial charge in [-0.2, -0.15) is 0 Å². The molecule has 1 N–H and O–H groups in total. The van der Waals surface area contributed by atoms with Crippen LogP contribution in [0.2, 0.25) is 0 Å². The fourth-order valence-electron chi connectivity index (χ4n) is 1.37. The molecule has 0 aliphatic carbocycles. The quantitative estimate of drug-likeness (QED) is 0.575. The number of nitrogens with one attached hydrogen (secondary N) is 1. The molecule has 0 amide bonds. The predicted octanol–water partition coefficient (Wildman–Crippen LogP) is 0.819. The van der Waals surface area contributed by atoms with Crippen molar-refractivity contribution in [1.29, 1.82) is 0 Å². The normalized spacial score (nSPS) is 20.0. The summed E-state index contributed by atoms with van der Waals surface area (Å²) in [7, 11) is 0. The molecule has 1 rings (SSSR count). The summed E-state index contributed by atoms with van der Waals surface area (Å²) >= 11 is 0. The van der Waals surface area contributed by atoms with E-state index in [4.69, 9.17) is 0 Å². The molecule has 1 unspecified atom stereocenters. The fraction of sp³-hybridized carbons (Fsp3) is 0.875. The standard InChI is InChI=1S/C8H16N2/c1-3-4-8(2)10-6-5-9-7-10/h7-8H,3-6H2,1-2H3/p+1. The summed E-state index contributed by atoms with van der Waals surface area (Å²) in [6.07, 6.45) is 4.70. The maximum atomic E-state index is 3.21. The topological polar surface area (TPSA) is 15.0 Å². The number of hydrogen-bond donors (Lipinski definition) is 1. The third-order valence-corrected chi connectivity index (χ3v) is 2.04. The van der Waals surface area contributed by atoms with Crippen LogP contribution >= 0.6 is 0 Å². The van der Waals surface area contributed by atoms with Gasteiger partial charge in [-0.15, -0.1) is 0 Å². The fourth-order valence-corrected chi connectivity index (χ4v) is 1.37. The molecular formula is C8H17N2+. The average Bonchev–Trinajstić information content (AvgIpc) is 2.38. The van der Waals surface area contributed by atoms with Gasteiger partial charge in [0, 0.05) is 0 Å². The van der Waals surface area contributed by atoms with Crippen LogP contribution in [0.5, 0.6) is 0 Å². The van der Waals surface area contributed by atoms with Crippen LogP contribution < -0.4 is 5.32 Å². The van der Waals surface area contributed by atoms with Crippen molar-refractivity contribution < 1.29 is 4.58 Å². The smallest absolute Gasteiger partial charge is 0.232 e. The Morgan fingerprint density at radius 2 is 2.50 bits per heavy atom. The van der Waals surface area contributed by atoms with Gasteiger partial charge >= 0.3 is 0 Å². The Bertz CT molecular complexity index is 129. The Morgan fingerprint density at radius 3 is 3.00 bits per heavy atom. The lowest BCUT2D eigenvalue weighted by atomic mass is 10.2. The molecule has 1 atom stereocenters. The SMILES string of the molecule is CCCC(C)[N+]1=CNCC1. The Morgan fingerprint density at radius 1 is 1.70 bits per heavy atom. The van der Waals surface area contributed by atoms with Crippen molar-refractivity contribution in [3.05, 3.63) is 0 Å². The van der Waals surface area contributed by atoms with Crippen molar-refractivity contribution in [1.82, 2.24) is 5.32 Å². The zero-order valence-corrected chi connectivity index (χ0v) is 6.93. The maximum Gasteiger partial charge on any atom is 0.232 e. The Balaban J connectivity index is 2.32. The summed E-state index contributed by atoms with van der Waals surface area (Å²) in [5, 5.41) is 3.21. The van der Waals surface area contributed by atoms with Crippen LogP contribution in [0.25, 0.3) is 0 Å². The van der Waals surface area contributed by atoms with Gasteiger partial charge in [-0.3, -0.25) is 9.89 Å². The first-order chi connectivity index (χ1) is 4.84. The van der Waals surface area contributed by atoms with Gasteiger partial charge in [-0.1, -0.05) is 13.3 Å². The molecule has 0 saturated carbocycles. The minimum atomic E-state index is 0.722. The second kappa shape index (κ2) is 3.59. The molecule has 0 saturated heterocycles. The van der Waals surface area contributed by atoms with Gasteiger partial charge in [0.25, 0.3) is 0 Å². The van der Waals surface area contributed by atoms with E-state index < -0.39 is 0 Å². The molecule has 0 radical (unpaired) electrons.